The minimum atomic E-state index is -3.21. The van der Waals surface area contributed by atoms with Crippen molar-refractivity contribution in [3.8, 4) is 0 Å². The van der Waals surface area contributed by atoms with Crippen LogP contribution in [0.3, 0.4) is 0 Å². The highest BCUT2D eigenvalue weighted by Crippen LogP contribution is 2.26. The van der Waals surface area contributed by atoms with Crippen LogP contribution in [-0.4, -0.2) is 29.8 Å². The second kappa shape index (κ2) is 5.57. The molecule has 1 aromatic carbocycles. The summed E-state index contributed by atoms with van der Waals surface area (Å²) in [6, 6.07) is 3.21. The third-order valence-electron chi connectivity index (χ3n) is 2.31. The molecule has 0 spiro atoms. The molecule has 0 aromatic heterocycles. The van der Waals surface area contributed by atoms with E-state index in [1.807, 2.05) is 0 Å². The largest absolute Gasteiger partial charge is 0.373 e. The molecule has 0 heterocycles. The second-order valence-electron chi connectivity index (χ2n) is 3.77. The van der Waals surface area contributed by atoms with Gasteiger partial charge in [0, 0.05) is 11.6 Å². The zero-order valence-electron chi connectivity index (χ0n) is 9.73. The van der Waals surface area contributed by atoms with E-state index in [1.165, 1.54) is 0 Å². The summed E-state index contributed by atoms with van der Waals surface area (Å²) in [5.41, 5.74) is 9.19. The van der Waals surface area contributed by atoms with Crippen molar-refractivity contribution in [1.29, 1.82) is 0 Å². The Morgan fingerprint density at radius 2 is 2.11 bits per heavy atom. The van der Waals surface area contributed by atoms with E-state index >= 15 is 0 Å². The predicted octanol–water partition coefficient (Wildman–Crippen LogP) is 0.700. The first kappa shape index (κ1) is 14.8. The number of halogens is 2. The van der Waals surface area contributed by atoms with Gasteiger partial charge in [-0.2, -0.15) is 0 Å². The van der Waals surface area contributed by atoms with Crippen LogP contribution in [0.4, 0.5) is 20.2 Å². The van der Waals surface area contributed by atoms with Gasteiger partial charge in [0.05, 0.1) is 18.0 Å². The van der Waals surface area contributed by atoms with Crippen LogP contribution in [0.15, 0.2) is 18.2 Å². The molecule has 0 aliphatic heterocycles. The molecule has 0 saturated heterocycles. The van der Waals surface area contributed by atoms with Crippen molar-refractivity contribution in [2.24, 2.45) is 11.5 Å². The zero-order chi connectivity index (χ0) is 14.6. The van der Waals surface area contributed by atoms with Gasteiger partial charge in [-0.15, -0.1) is 0 Å². The van der Waals surface area contributed by atoms with Crippen molar-refractivity contribution < 1.29 is 18.5 Å². The fourth-order valence-electron chi connectivity index (χ4n) is 1.29. The van der Waals surface area contributed by atoms with Crippen LogP contribution in [0, 0.1) is 10.1 Å². The molecule has 0 aliphatic carbocycles. The van der Waals surface area contributed by atoms with Crippen LogP contribution in [0.2, 0.25) is 0 Å². The second-order valence-corrected chi connectivity index (χ2v) is 3.77. The van der Waals surface area contributed by atoms with Crippen LogP contribution in [-0.2, 0) is 0 Å². The van der Waals surface area contributed by atoms with Gasteiger partial charge in [0.25, 0.3) is 11.6 Å². The van der Waals surface area contributed by atoms with Gasteiger partial charge in [0.2, 0.25) is 5.91 Å². The van der Waals surface area contributed by atoms with Gasteiger partial charge in [-0.05, 0) is 12.1 Å². The van der Waals surface area contributed by atoms with Crippen molar-refractivity contribution in [3.63, 3.8) is 0 Å². The fourth-order valence-corrected chi connectivity index (χ4v) is 1.29. The van der Waals surface area contributed by atoms with Crippen molar-refractivity contribution in [1.82, 2.24) is 0 Å². The quantitative estimate of drug-likeness (QED) is 0.520. The van der Waals surface area contributed by atoms with E-state index in [0.717, 1.165) is 18.2 Å². The van der Waals surface area contributed by atoms with E-state index in [0.29, 0.717) is 0 Å². The van der Waals surface area contributed by atoms with Gasteiger partial charge >= 0.3 is 0 Å². The number of alkyl halides is 2. The first-order valence-corrected chi connectivity index (χ1v) is 5.17. The molecule has 0 radical (unpaired) electrons. The molecule has 0 bridgehead atoms. The summed E-state index contributed by atoms with van der Waals surface area (Å²) in [4.78, 5) is 20.9. The number of nitrogens with zero attached hydrogens (tertiary/aromatic N) is 1. The lowest BCUT2D eigenvalue weighted by Crippen LogP contribution is -2.35. The number of nitro groups is 1. The Bertz CT molecular complexity index is 508. The van der Waals surface area contributed by atoms with Crippen molar-refractivity contribution >= 4 is 17.3 Å². The number of nitro benzene ring substituents is 1. The molecule has 0 atom stereocenters. The molecule has 0 aliphatic rings. The first-order chi connectivity index (χ1) is 8.76. The van der Waals surface area contributed by atoms with E-state index in [9.17, 15) is 23.7 Å². The van der Waals surface area contributed by atoms with Gasteiger partial charge < -0.3 is 16.8 Å². The molecule has 19 heavy (non-hydrogen) atoms. The summed E-state index contributed by atoms with van der Waals surface area (Å²) in [6.07, 6.45) is 0. The average molecular weight is 274 g/mol. The van der Waals surface area contributed by atoms with Gasteiger partial charge in [0.1, 0.15) is 5.69 Å². The summed E-state index contributed by atoms with van der Waals surface area (Å²) in [7, 11) is 0. The SMILES string of the molecule is NCC(F)(F)CNc1cc(C(N)=O)ccc1[N+](=O)[O-]. The van der Waals surface area contributed by atoms with E-state index in [1.54, 1.807) is 0 Å². The highest BCUT2D eigenvalue weighted by Gasteiger charge is 2.27. The monoisotopic (exact) mass is 274 g/mol. The Morgan fingerprint density at radius 3 is 2.58 bits per heavy atom. The maximum atomic E-state index is 13.0. The topological polar surface area (TPSA) is 124 Å². The van der Waals surface area contributed by atoms with Gasteiger partial charge in [0.15, 0.2) is 0 Å². The number of rotatable bonds is 6. The molecule has 1 rings (SSSR count). The molecule has 5 N–H and O–H groups in total. The number of nitrogens with two attached hydrogens (primary N) is 2. The molecular weight excluding hydrogens is 262 g/mol. The third kappa shape index (κ3) is 3.85. The van der Waals surface area contributed by atoms with Crippen LogP contribution >= 0.6 is 0 Å². The maximum absolute atomic E-state index is 13.0. The molecule has 7 nitrogen and oxygen atoms in total. The number of nitrogens with one attached hydrogen (secondary N) is 1. The third-order valence-corrected chi connectivity index (χ3v) is 2.31. The first-order valence-electron chi connectivity index (χ1n) is 5.17. The highest BCUT2D eigenvalue weighted by atomic mass is 19.3. The highest BCUT2D eigenvalue weighted by molar-refractivity contribution is 5.94. The number of carbonyl (C=O) groups excluding carboxylic acids is 1. The molecule has 104 valence electrons. The number of anilines is 1. The summed E-state index contributed by atoms with van der Waals surface area (Å²) >= 11 is 0. The minimum Gasteiger partial charge on any atom is -0.373 e. The summed E-state index contributed by atoms with van der Waals surface area (Å²) in [6.45, 7) is -1.78. The number of amides is 1. The molecule has 0 fully saturated rings. The Kier molecular flexibility index (Phi) is 4.33. The van der Waals surface area contributed by atoms with Crippen molar-refractivity contribution in [2.75, 3.05) is 18.4 Å². The summed E-state index contributed by atoms with van der Waals surface area (Å²) < 4.78 is 26.0. The predicted molar refractivity (Wildman–Crippen MR) is 64.1 cm³/mol. The smallest absolute Gasteiger partial charge is 0.292 e. The molecule has 1 amide bonds. The molecule has 0 unspecified atom stereocenters. The molecule has 9 heteroatoms. The lowest BCUT2D eigenvalue weighted by atomic mass is 10.1. The van der Waals surface area contributed by atoms with Crippen LogP contribution in [0.1, 0.15) is 10.4 Å². The lowest BCUT2D eigenvalue weighted by Gasteiger charge is -2.15. The number of carbonyl (C=O) groups is 1. The standard InChI is InChI=1S/C10H12F2N4O3/c11-10(12,4-13)5-15-7-3-6(9(14)17)1-2-8(7)16(18)19/h1-3,15H,4-5,13H2,(H2,14,17). The zero-order valence-corrected chi connectivity index (χ0v) is 9.73. The molecule has 1 aromatic rings. The summed E-state index contributed by atoms with van der Waals surface area (Å²) in [5, 5.41) is 12.9. The number of hydrogen-bond acceptors (Lipinski definition) is 5. The Hall–Kier alpha value is -2.29. The maximum Gasteiger partial charge on any atom is 0.292 e. The number of benzene rings is 1. The van der Waals surface area contributed by atoms with Crippen LogP contribution in [0.25, 0.3) is 0 Å². The Labute approximate surface area is 106 Å². The van der Waals surface area contributed by atoms with E-state index < -0.39 is 35.5 Å². The number of primary amides is 1. The van der Waals surface area contributed by atoms with E-state index in [-0.39, 0.29) is 11.3 Å². The molecule has 0 saturated carbocycles. The Morgan fingerprint density at radius 1 is 1.47 bits per heavy atom. The van der Waals surface area contributed by atoms with E-state index in [4.69, 9.17) is 11.5 Å². The lowest BCUT2D eigenvalue weighted by molar-refractivity contribution is -0.384. The fraction of sp³-hybridized carbons (Fsp3) is 0.300. The average Bonchev–Trinajstić information content (AvgIpc) is 2.35. The van der Waals surface area contributed by atoms with Crippen molar-refractivity contribution in [2.45, 2.75) is 5.92 Å². The van der Waals surface area contributed by atoms with E-state index in [2.05, 4.69) is 5.32 Å². The molecular formula is C10H12F2N4O3. The van der Waals surface area contributed by atoms with Crippen LogP contribution in [0.5, 0.6) is 0 Å². The normalized spacial score (nSPS) is 11.1. The van der Waals surface area contributed by atoms with Gasteiger partial charge in [-0.1, -0.05) is 0 Å². The summed E-state index contributed by atoms with van der Waals surface area (Å²) in [5.74, 6) is -4.03. The van der Waals surface area contributed by atoms with Crippen LogP contribution < -0.4 is 16.8 Å². The van der Waals surface area contributed by atoms with Gasteiger partial charge in [-0.25, -0.2) is 8.78 Å². The number of hydrogen-bond donors (Lipinski definition) is 3. The Balaban J connectivity index is 3.04. The van der Waals surface area contributed by atoms with Gasteiger partial charge in [-0.3, -0.25) is 14.9 Å². The minimum absolute atomic E-state index is 0.0239. The van der Waals surface area contributed by atoms with Crippen molar-refractivity contribution in [3.05, 3.63) is 33.9 Å².